The van der Waals surface area contributed by atoms with Gasteiger partial charge >= 0.3 is 0 Å². The number of imidazole rings is 1. The normalized spacial score (nSPS) is 10.7. The average molecular weight is 293 g/mol. The fourth-order valence-electron chi connectivity index (χ4n) is 1.83. The topological polar surface area (TPSA) is 97.4 Å². The molecule has 7 nitrogen and oxygen atoms in total. The van der Waals surface area contributed by atoms with Crippen molar-refractivity contribution >= 4 is 6.47 Å². The largest absolute Gasteiger partial charge is 0.483 e. The Kier molecular flexibility index (Phi) is 5.43. The fourth-order valence-corrected chi connectivity index (χ4v) is 1.83. The van der Waals surface area contributed by atoms with Gasteiger partial charge in [-0.2, -0.15) is 0 Å². The van der Waals surface area contributed by atoms with Crippen LogP contribution in [0.2, 0.25) is 0 Å². The first-order chi connectivity index (χ1) is 9.88. The summed E-state index contributed by atoms with van der Waals surface area (Å²) in [6.45, 7) is 3.51. The minimum Gasteiger partial charge on any atom is -0.483 e. The third kappa shape index (κ3) is 3.57. The molecular weight excluding hydrogens is 274 g/mol. The smallest absolute Gasteiger partial charge is 0.290 e. The molecule has 21 heavy (non-hydrogen) atoms. The molecule has 2 aromatic heterocycles. The van der Waals surface area contributed by atoms with E-state index in [9.17, 15) is 9.90 Å². The highest BCUT2D eigenvalue weighted by Crippen LogP contribution is 2.22. The van der Waals surface area contributed by atoms with Crippen molar-refractivity contribution in [3.8, 4) is 11.4 Å². The summed E-state index contributed by atoms with van der Waals surface area (Å²) in [5, 5.41) is 16.3. The molecule has 0 aliphatic carbocycles. The predicted octanol–water partition coefficient (Wildman–Crippen LogP) is 0.677. The molecule has 0 saturated heterocycles. The van der Waals surface area contributed by atoms with E-state index >= 15 is 0 Å². The van der Waals surface area contributed by atoms with Crippen LogP contribution in [0, 0.1) is 0 Å². The Bertz CT molecular complexity index is 658. The van der Waals surface area contributed by atoms with Crippen molar-refractivity contribution in [2.45, 2.75) is 19.4 Å². The SMILES string of the molecule is Cn1cccc(-c2nccn2C(C)(C)CO)c1=O.O=CO. The van der Waals surface area contributed by atoms with E-state index < -0.39 is 5.54 Å². The molecule has 0 radical (unpaired) electrons. The highest BCUT2D eigenvalue weighted by Gasteiger charge is 2.23. The lowest BCUT2D eigenvalue weighted by atomic mass is 10.1. The Morgan fingerprint density at radius 1 is 1.38 bits per heavy atom. The molecule has 0 bridgehead atoms. The number of carboxylic acid groups (broad SMARTS) is 1. The first-order valence-electron chi connectivity index (χ1n) is 6.27. The molecule has 114 valence electrons. The van der Waals surface area contributed by atoms with Gasteiger partial charge < -0.3 is 19.3 Å². The minimum absolute atomic E-state index is 0.0243. The maximum Gasteiger partial charge on any atom is 0.290 e. The zero-order valence-corrected chi connectivity index (χ0v) is 12.2. The molecule has 0 aromatic carbocycles. The molecule has 0 aliphatic heterocycles. The van der Waals surface area contributed by atoms with Crippen LogP contribution in [0.4, 0.5) is 0 Å². The molecule has 7 heteroatoms. The highest BCUT2D eigenvalue weighted by atomic mass is 16.3. The van der Waals surface area contributed by atoms with E-state index in [0.717, 1.165) is 0 Å². The van der Waals surface area contributed by atoms with Gasteiger partial charge in [0.05, 0.1) is 17.7 Å². The molecular formula is C14H19N3O4. The van der Waals surface area contributed by atoms with E-state index in [1.165, 1.54) is 4.57 Å². The first-order valence-corrected chi connectivity index (χ1v) is 6.27. The number of aliphatic hydroxyl groups is 1. The molecule has 0 amide bonds. The van der Waals surface area contributed by atoms with Crippen LogP contribution in [-0.4, -0.2) is 37.4 Å². The number of rotatable bonds is 3. The fraction of sp³-hybridized carbons (Fsp3) is 0.357. The van der Waals surface area contributed by atoms with Crippen LogP contribution >= 0.6 is 0 Å². The average Bonchev–Trinajstić information content (AvgIpc) is 2.93. The standard InChI is InChI=1S/C13H17N3O2.CH2O2/c1-13(2,9-17)16-8-6-14-11(16)10-5-4-7-15(3)12(10)18;2-1-3/h4-8,17H,9H2,1-3H3;1H,(H,2,3). The molecule has 0 aliphatic rings. The molecule has 0 saturated carbocycles. The van der Waals surface area contributed by atoms with E-state index in [1.54, 1.807) is 31.7 Å². The van der Waals surface area contributed by atoms with Gasteiger partial charge in [0.15, 0.2) is 0 Å². The van der Waals surface area contributed by atoms with Gasteiger partial charge in [-0.3, -0.25) is 9.59 Å². The molecule has 2 heterocycles. The summed E-state index contributed by atoms with van der Waals surface area (Å²) in [6.07, 6.45) is 5.12. The number of nitrogens with zero attached hydrogens (tertiary/aromatic N) is 3. The van der Waals surface area contributed by atoms with E-state index in [0.29, 0.717) is 11.4 Å². The van der Waals surface area contributed by atoms with Crippen molar-refractivity contribution in [3.05, 3.63) is 41.1 Å². The van der Waals surface area contributed by atoms with Crippen molar-refractivity contribution in [3.63, 3.8) is 0 Å². The Hall–Kier alpha value is -2.41. The lowest BCUT2D eigenvalue weighted by Gasteiger charge is -2.25. The van der Waals surface area contributed by atoms with Crippen molar-refractivity contribution in [1.29, 1.82) is 0 Å². The molecule has 0 fully saturated rings. The van der Waals surface area contributed by atoms with E-state index in [1.807, 2.05) is 24.5 Å². The first kappa shape index (κ1) is 16.6. The highest BCUT2D eigenvalue weighted by molar-refractivity contribution is 5.54. The van der Waals surface area contributed by atoms with Gasteiger partial charge in [0.2, 0.25) is 0 Å². The Morgan fingerprint density at radius 2 is 2.00 bits per heavy atom. The quantitative estimate of drug-likeness (QED) is 0.811. The summed E-state index contributed by atoms with van der Waals surface area (Å²) in [6, 6.07) is 3.55. The van der Waals surface area contributed by atoms with Crippen LogP contribution in [0.1, 0.15) is 13.8 Å². The molecule has 2 N–H and O–H groups in total. The van der Waals surface area contributed by atoms with Crippen molar-refractivity contribution in [2.24, 2.45) is 7.05 Å². The monoisotopic (exact) mass is 293 g/mol. The summed E-state index contributed by atoms with van der Waals surface area (Å²) in [4.78, 5) is 24.7. The van der Waals surface area contributed by atoms with E-state index in [4.69, 9.17) is 9.90 Å². The lowest BCUT2D eigenvalue weighted by Crippen LogP contribution is -2.31. The Balaban J connectivity index is 0.000000677. The predicted molar refractivity (Wildman–Crippen MR) is 78.0 cm³/mol. The number of carbonyl (C=O) groups is 1. The second kappa shape index (κ2) is 6.85. The maximum absolute atomic E-state index is 12.1. The van der Waals surface area contributed by atoms with Crippen LogP contribution in [-0.2, 0) is 17.4 Å². The molecule has 0 atom stereocenters. The van der Waals surface area contributed by atoms with Crippen LogP contribution in [0.5, 0.6) is 0 Å². The lowest BCUT2D eigenvalue weighted by molar-refractivity contribution is -0.122. The Morgan fingerprint density at radius 3 is 2.57 bits per heavy atom. The summed E-state index contributed by atoms with van der Waals surface area (Å²) in [5.41, 5.74) is -0.0580. The van der Waals surface area contributed by atoms with Crippen molar-refractivity contribution in [1.82, 2.24) is 14.1 Å². The van der Waals surface area contributed by atoms with Crippen molar-refractivity contribution in [2.75, 3.05) is 6.61 Å². The number of aromatic nitrogens is 3. The molecule has 0 spiro atoms. The summed E-state index contributed by atoms with van der Waals surface area (Å²) >= 11 is 0. The third-order valence-corrected chi connectivity index (χ3v) is 3.04. The third-order valence-electron chi connectivity index (χ3n) is 3.04. The van der Waals surface area contributed by atoms with Gasteiger partial charge in [-0.05, 0) is 26.0 Å². The van der Waals surface area contributed by atoms with Gasteiger partial charge in [-0.25, -0.2) is 4.98 Å². The number of hydrogen-bond acceptors (Lipinski definition) is 4. The van der Waals surface area contributed by atoms with E-state index in [-0.39, 0.29) is 18.6 Å². The molecule has 2 aromatic rings. The molecule has 0 unspecified atom stereocenters. The summed E-state index contributed by atoms with van der Waals surface area (Å²) in [7, 11) is 1.70. The van der Waals surface area contributed by atoms with E-state index in [2.05, 4.69) is 4.98 Å². The van der Waals surface area contributed by atoms with Crippen LogP contribution < -0.4 is 5.56 Å². The van der Waals surface area contributed by atoms with Crippen molar-refractivity contribution < 1.29 is 15.0 Å². The van der Waals surface area contributed by atoms with Gasteiger partial charge in [-0.1, -0.05) is 0 Å². The Labute approximate surface area is 122 Å². The second-order valence-electron chi connectivity index (χ2n) is 5.03. The number of aliphatic hydroxyl groups excluding tert-OH is 1. The van der Waals surface area contributed by atoms with Gasteiger partial charge in [-0.15, -0.1) is 0 Å². The zero-order chi connectivity index (χ0) is 16.0. The van der Waals surface area contributed by atoms with Crippen LogP contribution in [0.3, 0.4) is 0 Å². The number of hydrogen-bond donors (Lipinski definition) is 2. The van der Waals surface area contributed by atoms with Gasteiger partial charge in [0, 0.05) is 25.6 Å². The maximum atomic E-state index is 12.1. The van der Waals surface area contributed by atoms with Gasteiger partial charge in [0.25, 0.3) is 12.0 Å². The van der Waals surface area contributed by atoms with Gasteiger partial charge in [0.1, 0.15) is 5.82 Å². The van der Waals surface area contributed by atoms with Crippen LogP contribution in [0.15, 0.2) is 35.5 Å². The number of aryl methyl sites for hydroxylation is 1. The molecule has 2 rings (SSSR count). The number of pyridine rings is 1. The summed E-state index contributed by atoms with van der Waals surface area (Å²) in [5.74, 6) is 0.579. The second-order valence-corrected chi connectivity index (χ2v) is 5.03. The zero-order valence-electron chi connectivity index (χ0n) is 12.2. The summed E-state index contributed by atoms with van der Waals surface area (Å²) < 4.78 is 3.34. The van der Waals surface area contributed by atoms with Crippen LogP contribution in [0.25, 0.3) is 11.4 Å². The minimum atomic E-state index is -0.493.